The highest BCUT2D eigenvalue weighted by atomic mass is 16.7. The van der Waals surface area contributed by atoms with Crippen molar-refractivity contribution in [3.05, 3.63) is 71.8 Å². The van der Waals surface area contributed by atoms with Gasteiger partial charge in [0.15, 0.2) is 0 Å². The van der Waals surface area contributed by atoms with Crippen LogP contribution in [0.1, 0.15) is 52.2 Å². The molecule has 2 aromatic carbocycles. The van der Waals surface area contributed by atoms with Gasteiger partial charge in [0.1, 0.15) is 5.54 Å². The first-order valence-electron chi connectivity index (χ1n) is 10.0. The van der Waals surface area contributed by atoms with E-state index in [1.165, 1.54) is 5.06 Å². The Hall–Kier alpha value is -2.66. The Balaban J connectivity index is 2.27. The van der Waals surface area contributed by atoms with Crippen LogP contribution in [0.5, 0.6) is 0 Å². The largest absolute Gasteiger partial charge is 0.366 e. The summed E-state index contributed by atoms with van der Waals surface area (Å²) in [6.45, 7) is 9.86. The van der Waals surface area contributed by atoms with Gasteiger partial charge in [-0.05, 0) is 45.2 Å². The van der Waals surface area contributed by atoms with Gasteiger partial charge in [0.2, 0.25) is 5.91 Å². The Bertz CT molecular complexity index is 800. The van der Waals surface area contributed by atoms with Crippen LogP contribution in [0.25, 0.3) is 0 Å². The summed E-state index contributed by atoms with van der Waals surface area (Å²) in [4.78, 5) is 31.6. The minimum Gasteiger partial charge on any atom is -0.366 e. The van der Waals surface area contributed by atoms with Crippen molar-refractivity contribution in [3.63, 3.8) is 0 Å². The van der Waals surface area contributed by atoms with Crippen LogP contribution in [0.3, 0.4) is 0 Å². The zero-order valence-corrected chi connectivity index (χ0v) is 18.1. The summed E-state index contributed by atoms with van der Waals surface area (Å²) >= 11 is 0. The maximum atomic E-state index is 13.1. The van der Waals surface area contributed by atoms with Crippen molar-refractivity contribution in [2.24, 2.45) is 0 Å². The molecule has 2 rings (SSSR count). The van der Waals surface area contributed by atoms with Gasteiger partial charge in [-0.25, -0.2) is 4.79 Å². The Morgan fingerprint density at radius 3 is 1.90 bits per heavy atom. The molecule has 2 aromatic rings. The molecule has 0 saturated carbocycles. The predicted molar refractivity (Wildman–Crippen MR) is 115 cm³/mol. The van der Waals surface area contributed by atoms with Gasteiger partial charge >= 0.3 is 5.97 Å². The van der Waals surface area contributed by atoms with E-state index < -0.39 is 11.5 Å². The smallest absolute Gasteiger partial charge is 0.329 e. The molecular weight excluding hydrogens is 364 g/mol. The van der Waals surface area contributed by atoms with Gasteiger partial charge in [-0.3, -0.25) is 4.79 Å². The van der Waals surface area contributed by atoms with Gasteiger partial charge < -0.3 is 10.2 Å². The van der Waals surface area contributed by atoms with E-state index in [-0.39, 0.29) is 17.9 Å². The fourth-order valence-corrected chi connectivity index (χ4v) is 2.90. The van der Waals surface area contributed by atoms with Crippen LogP contribution in [0.2, 0.25) is 0 Å². The number of hydrogen-bond acceptors (Lipinski definition) is 4. The molecule has 0 aliphatic heterocycles. The second-order valence-electron chi connectivity index (χ2n) is 8.48. The lowest BCUT2D eigenvalue weighted by atomic mass is 9.94. The number of carbonyl (C=O) groups excluding carboxylic acids is 2. The van der Waals surface area contributed by atoms with Gasteiger partial charge in [-0.2, -0.15) is 0 Å². The molecular formula is C24H32N2O3. The van der Waals surface area contributed by atoms with Gasteiger partial charge in [0.05, 0.1) is 13.0 Å². The summed E-state index contributed by atoms with van der Waals surface area (Å²) in [5, 5.41) is 4.55. The van der Waals surface area contributed by atoms with Crippen LogP contribution in [-0.4, -0.2) is 28.0 Å². The molecule has 0 aromatic heterocycles. The number of carbonyl (C=O) groups is 2. The number of hydroxylamine groups is 2. The normalized spacial score (nSPS) is 13.6. The lowest BCUT2D eigenvalue weighted by molar-refractivity contribution is -0.223. The van der Waals surface area contributed by atoms with Crippen LogP contribution in [0, 0.1) is 0 Å². The molecule has 0 spiro atoms. The highest BCUT2D eigenvalue weighted by Crippen LogP contribution is 2.25. The maximum Gasteiger partial charge on any atom is 0.329 e. The van der Waals surface area contributed by atoms with Gasteiger partial charge in [-0.15, -0.1) is 5.06 Å². The van der Waals surface area contributed by atoms with Gasteiger partial charge in [-0.1, -0.05) is 67.6 Å². The fourth-order valence-electron chi connectivity index (χ4n) is 2.90. The quantitative estimate of drug-likeness (QED) is 0.677. The topological polar surface area (TPSA) is 58.6 Å². The minimum atomic E-state index is -1.00. The van der Waals surface area contributed by atoms with E-state index in [1.54, 1.807) is 0 Å². The zero-order chi connectivity index (χ0) is 21.5. The molecule has 0 aliphatic carbocycles. The summed E-state index contributed by atoms with van der Waals surface area (Å²) < 4.78 is 0. The fraction of sp³-hybridized carbons (Fsp3) is 0.417. The number of benzene rings is 2. The van der Waals surface area contributed by atoms with E-state index in [1.807, 2.05) is 95.3 Å². The molecule has 0 bridgehead atoms. The summed E-state index contributed by atoms with van der Waals surface area (Å²) in [5.41, 5.74) is 0.438. The van der Waals surface area contributed by atoms with Crippen molar-refractivity contribution in [3.8, 4) is 0 Å². The molecule has 1 unspecified atom stereocenters. The lowest BCUT2D eigenvalue weighted by Gasteiger charge is -2.39. The molecule has 0 heterocycles. The summed E-state index contributed by atoms with van der Waals surface area (Å²) in [7, 11) is 0. The predicted octanol–water partition coefficient (Wildman–Crippen LogP) is 4.27. The van der Waals surface area contributed by atoms with Crippen LogP contribution in [0.15, 0.2) is 60.7 Å². The molecule has 156 valence electrons. The third-order valence-electron chi connectivity index (χ3n) is 4.79. The third kappa shape index (κ3) is 6.71. The highest BCUT2D eigenvalue weighted by molar-refractivity contribution is 5.86. The van der Waals surface area contributed by atoms with Crippen LogP contribution >= 0.6 is 0 Å². The van der Waals surface area contributed by atoms with E-state index in [0.29, 0.717) is 13.0 Å². The van der Waals surface area contributed by atoms with Crippen LogP contribution < -0.4 is 5.32 Å². The van der Waals surface area contributed by atoms with Crippen molar-refractivity contribution in [2.75, 3.05) is 0 Å². The van der Waals surface area contributed by atoms with E-state index in [9.17, 15) is 9.59 Å². The first-order chi connectivity index (χ1) is 13.6. The molecule has 5 nitrogen and oxygen atoms in total. The third-order valence-corrected chi connectivity index (χ3v) is 4.79. The number of amides is 1. The molecule has 0 radical (unpaired) electrons. The van der Waals surface area contributed by atoms with Gasteiger partial charge in [0, 0.05) is 5.54 Å². The van der Waals surface area contributed by atoms with Crippen LogP contribution in [0.4, 0.5) is 0 Å². The first kappa shape index (κ1) is 22.6. The average Bonchev–Trinajstić information content (AvgIpc) is 2.67. The van der Waals surface area contributed by atoms with Crippen molar-refractivity contribution in [2.45, 2.75) is 65.1 Å². The Kier molecular flexibility index (Phi) is 7.57. The standard InChI is InChI=1S/C24H32N2O3/c1-6-24(5,22(28)25-23(2,3)4)26(18-20-15-11-8-12-16-20)29-21(27)17-19-13-9-7-10-14-19/h7-16H,6,17-18H2,1-5H3,(H,25,28). The average molecular weight is 397 g/mol. The second-order valence-corrected chi connectivity index (χ2v) is 8.48. The van der Waals surface area contributed by atoms with E-state index in [0.717, 1.165) is 11.1 Å². The van der Waals surface area contributed by atoms with E-state index in [2.05, 4.69) is 5.32 Å². The van der Waals surface area contributed by atoms with Gasteiger partial charge in [0.25, 0.3) is 0 Å². The SMILES string of the molecule is CCC(C)(C(=O)NC(C)(C)C)N(Cc1ccccc1)OC(=O)Cc1ccccc1. The van der Waals surface area contributed by atoms with Crippen molar-refractivity contribution >= 4 is 11.9 Å². The monoisotopic (exact) mass is 396 g/mol. The first-order valence-corrected chi connectivity index (χ1v) is 10.0. The van der Waals surface area contributed by atoms with Crippen molar-refractivity contribution < 1.29 is 14.4 Å². The molecule has 0 saturated heterocycles. The number of hydrogen-bond donors (Lipinski definition) is 1. The Morgan fingerprint density at radius 1 is 0.897 bits per heavy atom. The molecule has 1 atom stereocenters. The minimum absolute atomic E-state index is 0.146. The lowest BCUT2D eigenvalue weighted by Crippen LogP contribution is -2.59. The second kappa shape index (κ2) is 9.70. The summed E-state index contributed by atoms with van der Waals surface area (Å²) in [5.74, 6) is -0.564. The number of nitrogens with one attached hydrogen (secondary N) is 1. The number of nitrogens with zero attached hydrogens (tertiary/aromatic N) is 1. The molecule has 1 N–H and O–H groups in total. The van der Waals surface area contributed by atoms with Crippen molar-refractivity contribution in [1.82, 2.24) is 10.4 Å². The Morgan fingerprint density at radius 2 is 1.41 bits per heavy atom. The molecule has 0 aliphatic rings. The van der Waals surface area contributed by atoms with E-state index >= 15 is 0 Å². The molecule has 1 amide bonds. The number of rotatable bonds is 8. The highest BCUT2D eigenvalue weighted by Gasteiger charge is 2.42. The molecule has 5 heteroatoms. The summed E-state index contributed by atoms with van der Waals surface area (Å²) in [6, 6.07) is 19.1. The maximum absolute atomic E-state index is 13.1. The molecule has 0 fully saturated rings. The Labute approximate surface area is 174 Å². The summed E-state index contributed by atoms with van der Waals surface area (Å²) in [6.07, 6.45) is 0.632. The zero-order valence-electron chi connectivity index (χ0n) is 18.1. The van der Waals surface area contributed by atoms with Crippen LogP contribution in [-0.2, 0) is 27.4 Å². The van der Waals surface area contributed by atoms with Crippen molar-refractivity contribution in [1.29, 1.82) is 0 Å². The molecule has 29 heavy (non-hydrogen) atoms. The van der Waals surface area contributed by atoms with E-state index in [4.69, 9.17) is 4.84 Å².